The molecule has 0 aliphatic heterocycles. The van der Waals surface area contributed by atoms with Crippen molar-refractivity contribution in [2.24, 2.45) is 5.73 Å². The molecule has 1 fully saturated rings. The molecule has 3 nitrogen and oxygen atoms in total. The van der Waals surface area contributed by atoms with Crippen LogP contribution in [0.2, 0.25) is 0 Å². The zero-order valence-electron chi connectivity index (χ0n) is 9.07. The Morgan fingerprint density at radius 2 is 2.38 bits per heavy atom. The minimum atomic E-state index is 0.182. The summed E-state index contributed by atoms with van der Waals surface area (Å²) in [5.74, 6) is 0. The number of aromatic nitrogens is 2. The summed E-state index contributed by atoms with van der Waals surface area (Å²) in [6, 6.07) is 4.05. The largest absolute Gasteiger partial charge is 0.359 e. The molecular weight excluding hydrogens is 218 g/mol. The molecule has 1 aliphatic rings. The Hall–Kier alpha value is -1.13. The predicted octanol–water partition coefficient (Wildman–Crippen LogP) is 2.52. The number of thiazole rings is 1. The van der Waals surface area contributed by atoms with Gasteiger partial charge in [0.25, 0.3) is 0 Å². The quantitative estimate of drug-likeness (QED) is 0.856. The zero-order chi connectivity index (χ0) is 11.0. The Morgan fingerprint density at radius 3 is 2.94 bits per heavy atom. The van der Waals surface area contributed by atoms with Crippen molar-refractivity contribution >= 4 is 11.3 Å². The molecule has 0 saturated heterocycles. The molecule has 0 bridgehead atoms. The van der Waals surface area contributed by atoms with Crippen LogP contribution in [0.4, 0.5) is 0 Å². The van der Waals surface area contributed by atoms with Gasteiger partial charge in [-0.15, -0.1) is 11.3 Å². The fraction of sp³-hybridized carbons (Fsp3) is 0.417. The number of nitrogens with one attached hydrogen (secondary N) is 1. The first-order chi connectivity index (χ1) is 7.84. The van der Waals surface area contributed by atoms with Crippen molar-refractivity contribution in [3.05, 3.63) is 29.4 Å². The third-order valence-electron chi connectivity index (χ3n) is 3.58. The number of nitrogens with zero attached hydrogens (tertiary/aromatic N) is 1. The summed E-state index contributed by atoms with van der Waals surface area (Å²) in [7, 11) is 0. The number of nitrogens with two attached hydrogens (primary N) is 1. The molecule has 0 unspecified atom stereocenters. The van der Waals surface area contributed by atoms with Gasteiger partial charge in [-0.25, -0.2) is 4.98 Å². The van der Waals surface area contributed by atoms with Crippen LogP contribution in [0.1, 0.15) is 25.0 Å². The van der Waals surface area contributed by atoms with E-state index in [1.165, 1.54) is 25.0 Å². The van der Waals surface area contributed by atoms with Gasteiger partial charge in [0.2, 0.25) is 0 Å². The van der Waals surface area contributed by atoms with Gasteiger partial charge in [-0.2, -0.15) is 0 Å². The summed E-state index contributed by atoms with van der Waals surface area (Å²) in [6.07, 6.45) is 5.60. The minimum absolute atomic E-state index is 0.182. The highest BCUT2D eigenvalue weighted by atomic mass is 32.1. The van der Waals surface area contributed by atoms with Crippen LogP contribution in [0.25, 0.3) is 10.7 Å². The van der Waals surface area contributed by atoms with E-state index in [4.69, 9.17) is 10.7 Å². The van der Waals surface area contributed by atoms with Crippen molar-refractivity contribution in [1.29, 1.82) is 0 Å². The molecular formula is C12H15N3S. The Morgan fingerprint density at radius 1 is 1.50 bits per heavy atom. The van der Waals surface area contributed by atoms with E-state index >= 15 is 0 Å². The van der Waals surface area contributed by atoms with E-state index in [2.05, 4.69) is 16.4 Å². The summed E-state index contributed by atoms with van der Waals surface area (Å²) in [5.41, 5.74) is 8.36. The second kappa shape index (κ2) is 3.71. The van der Waals surface area contributed by atoms with Gasteiger partial charge in [0.05, 0.1) is 11.4 Å². The van der Waals surface area contributed by atoms with Crippen molar-refractivity contribution in [2.75, 3.05) is 6.54 Å². The van der Waals surface area contributed by atoms with Gasteiger partial charge in [0, 0.05) is 23.5 Å². The smallest absolute Gasteiger partial charge is 0.139 e. The molecule has 3 rings (SSSR count). The Labute approximate surface area is 98.7 Å². The van der Waals surface area contributed by atoms with Crippen LogP contribution < -0.4 is 5.73 Å². The molecule has 3 N–H and O–H groups in total. The Bertz CT molecular complexity index is 463. The van der Waals surface area contributed by atoms with Gasteiger partial charge >= 0.3 is 0 Å². The van der Waals surface area contributed by atoms with Crippen LogP contribution in [0, 0.1) is 0 Å². The fourth-order valence-electron chi connectivity index (χ4n) is 2.27. The average Bonchev–Trinajstić information content (AvgIpc) is 2.86. The topological polar surface area (TPSA) is 54.7 Å². The molecule has 84 valence electrons. The lowest BCUT2D eigenvalue weighted by Gasteiger charge is -2.39. The normalized spacial score (nSPS) is 18.3. The molecule has 0 amide bonds. The predicted molar refractivity (Wildman–Crippen MR) is 66.5 cm³/mol. The fourth-order valence-corrected chi connectivity index (χ4v) is 3.20. The van der Waals surface area contributed by atoms with Crippen LogP contribution in [0.3, 0.4) is 0 Å². The van der Waals surface area contributed by atoms with E-state index in [1.807, 2.05) is 12.3 Å². The van der Waals surface area contributed by atoms with Crippen molar-refractivity contribution in [1.82, 2.24) is 9.97 Å². The standard InChI is InChI=1S/C12H15N3S/c13-8-12(4-2-5-12)10-7-16-11(15-10)9-3-1-6-14-9/h1,3,6-7,14H,2,4-5,8,13H2. The van der Waals surface area contributed by atoms with Crippen molar-refractivity contribution in [3.8, 4) is 10.7 Å². The molecule has 1 saturated carbocycles. The summed E-state index contributed by atoms with van der Waals surface area (Å²) >= 11 is 1.70. The number of H-pyrrole nitrogens is 1. The van der Waals surface area contributed by atoms with Crippen molar-refractivity contribution in [2.45, 2.75) is 24.7 Å². The maximum absolute atomic E-state index is 5.89. The first-order valence-electron chi connectivity index (χ1n) is 5.64. The van der Waals surface area contributed by atoms with Gasteiger partial charge in [-0.3, -0.25) is 0 Å². The van der Waals surface area contributed by atoms with E-state index in [9.17, 15) is 0 Å². The molecule has 0 spiro atoms. The summed E-state index contributed by atoms with van der Waals surface area (Å²) in [6.45, 7) is 0.723. The lowest BCUT2D eigenvalue weighted by Crippen LogP contribution is -2.41. The van der Waals surface area contributed by atoms with Crippen LogP contribution in [-0.2, 0) is 5.41 Å². The van der Waals surface area contributed by atoms with Gasteiger partial charge in [-0.1, -0.05) is 6.42 Å². The second-order valence-corrected chi connectivity index (χ2v) is 5.32. The molecule has 1 aliphatic carbocycles. The highest BCUT2D eigenvalue weighted by molar-refractivity contribution is 7.13. The SMILES string of the molecule is NCC1(c2csc(-c3ccc[nH]3)n2)CCC1. The van der Waals surface area contributed by atoms with E-state index in [1.54, 1.807) is 11.3 Å². The molecule has 2 heterocycles. The molecule has 2 aromatic heterocycles. The third kappa shape index (κ3) is 1.41. The van der Waals surface area contributed by atoms with Gasteiger partial charge in [0.1, 0.15) is 5.01 Å². The van der Waals surface area contributed by atoms with Crippen molar-refractivity contribution < 1.29 is 0 Å². The zero-order valence-corrected chi connectivity index (χ0v) is 9.89. The minimum Gasteiger partial charge on any atom is -0.359 e. The number of hydrogen-bond donors (Lipinski definition) is 2. The molecule has 16 heavy (non-hydrogen) atoms. The molecule has 4 heteroatoms. The van der Waals surface area contributed by atoms with Crippen LogP contribution >= 0.6 is 11.3 Å². The number of rotatable bonds is 3. The third-order valence-corrected chi connectivity index (χ3v) is 4.45. The van der Waals surface area contributed by atoms with Crippen LogP contribution in [-0.4, -0.2) is 16.5 Å². The van der Waals surface area contributed by atoms with Gasteiger partial charge in [0.15, 0.2) is 0 Å². The maximum Gasteiger partial charge on any atom is 0.139 e. The van der Waals surface area contributed by atoms with Crippen LogP contribution in [0.5, 0.6) is 0 Å². The van der Waals surface area contributed by atoms with Crippen molar-refractivity contribution in [3.63, 3.8) is 0 Å². The van der Waals surface area contributed by atoms with E-state index in [0.29, 0.717) is 0 Å². The van der Waals surface area contributed by atoms with E-state index in [0.717, 1.165) is 17.2 Å². The lowest BCUT2D eigenvalue weighted by molar-refractivity contribution is 0.247. The second-order valence-electron chi connectivity index (χ2n) is 4.46. The van der Waals surface area contributed by atoms with Gasteiger partial charge in [-0.05, 0) is 25.0 Å². The highest BCUT2D eigenvalue weighted by Crippen LogP contribution is 2.43. The molecule has 0 atom stereocenters. The Kier molecular flexibility index (Phi) is 2.33. The number of hydrogen-bond acceptors (Lipinski definition) is 3. The molecule has 0 aromatic carbocycles. The molecule has 0 radical (unpaired) electrons. The Balaban J connectivity index is 1.93. The summed E-state index contributed by atoms with van der Waals surface area (Å²) in [4.78, 5) is 7.91. The maximum atomic E-state index is 5.89. The van der Waals surface area contributed by atoms with E-state index < -0.39 is 0 Å². The van der Waals surface area contributed by atoms with Gasteiger partial charge < -0.3 is 10.7 Å². The first kappa shape index (κ1) is 10.1. The first-order valence-corrected chi connectivity index (χ1v) is 6.52. The average molecular weight is 233 g/mol. The van der Waals surface area contributed by atoms with E-state index in [-0.39, 0.29) is 5.41 Å². The highest BCUT2D eigenvalue weighted by Gasteiger charge is 2.39. The monoisotopic (exact) mass is 233 g/mol. The summed E-state index contributed by atoms with van der Waals surface area (Å²) in [5, 5.41) is 3.24. The summed E-state index contributed by atoms with van der Waals surface area (Å²) < 4.78 is 0. The number of aromatic amines is 1. The lowest BCUT2D eigenvalue weighted by atomic mass is 9.67. The molecule has 2 aromatic rings. The van der Waals surface area contributed by atoms with Crippen LogP contribution in [0.15, 0.2) is 23.7 Å².